The van der Waals surface area contributed by atoms with Crippen molar-refractivity contribution in [3.8, 4) is 5.75 Å². The van der Waals surface area contributed by atoms with Gasteiger partial charge in [0.05, 0.1) is 17.2 Å². The van der Waals surface area contributed by atoms with Gasteiger partial charge >= 0.3 is 6.09 Å². The Morgan fingerprint density at radius 1 is 1.17 bits per heavy atom. The molecule has 1 unspecified atom stereocenters. The zero-order valence-electron chi connectivity index (χ0n) is 22.0. The molecule has 41 heavy (non-hydrogen) atoms. The summed E-state index contributed by atoms with van der Waals surface area (Å²) in [5.41, 5.74) is 0.175. The van der Waals surface area contributed by atoms with Crippen LogP contribution in [0.1, 0.15) is 18.4 Å². The van der Waals surface area contributed by atoms with Gasteiger partial charge in [0.1, 0.15) is 29.4 Å². The standard InChI is InChI=1S/C26H30ClF2N5O6S/c27-23-10-17(26(28,29)16-2-1-5-30-13-16)11-24(31-23)32-6-8-33(9-7-32)41(37,38)18-3-4-19-21(12-18)39-15-20-22(14-35)40-25(36)34(19)20/h3-4,10-12,16,20,22,30,35H,1-2,5-9,13-15H2/t16?,20-,22-/m0/s1. The molecule has 6 rings (SSSR count). The van der Waals surface area contributed by atoms with Crippen molar-refractivity contribution < 1.29 is 36.6 Å². The molecule has 5 heterocycles. The van der Waals surface area contributed by atoms with Gasteiger partial charge in [-0.3, -0.25) is 4.90 Å². The molecule has 3 atom stereocenters. The molecule has 2 aromatic rings. The van der Waals surface area contributed by atoms with E-state index in [-0.39, 0.29) is 73.1 Å². The summed E-state index contributed by atoms with van der Waals surface area (Å²) in [5.74, 6) is -3.42. The highest BCUT2D eigenvalue weighted by atomic mass is 35.5. The molecule has 4 aliphatic rings. The number of carbonyl (C=O) groups is 1. The second-order valence-electron chi connectivity index (χ2n) is 10.6. The number of aromatic nitrogens is 1. The lowest BCUT2D eigenvalue weighted by Gasteiger charge is -2.36. The van der Waals surface area contributed by atoms with Gasteiger partial charge in [-0.15, -0.1) is 0 Å². The number of aliphatic hydroxyl groups excluding tert-OH is 1. The third kappa shape index (κ3) is 5.09. The third-order valence-electron chi connectivity index (χ3n) is 8.17. The summed E-state index contributed by atoms with van der Waals surface area (Å²) < 4.78 is 69.9. The van der Waals surface area contributed by atoms with Crippen molar-refractivity contribution in [2.75, 3.05) is 62.3 Å². The molecule has 1 aromatic heterocycles. The van der Waals surface area contributed by atoms with Crippen molar-refractivity contribution in [2.45, 2.75) is 35.8 Å². The van der Waals surface area contributed by atoms with Gasteiger partial charge in [-0.1, -0.05) is 11.6 Å². The van der Waals surface area contributed by atoms with E-state index in [1.54, 1.807) is 4.90 Å². The van der Waals surface area contributed by atoms with Crippen LogP contribution in [0.4, 0.5) is 25.1 Å². The minimum atomic E-state index is -3.93. The lowest BCUT2D eigenvalue weighted by atomic mass is 9.88. The van der Waals surface area contributed by atoms with E-state index in [1.807, 2.05) is 0 Å². The Balaban J connectivity index is 1.16. The number of carbonyl (C=O) groups excluding carboxylic acids is 1. The average Bonchev–Trinajstić information content (AvgIpc) is 3.32. The number of ether oxygens (including phenoxy) is 2. The Morgan fingerprint density at radius 3 is 2.66 bits per heavy atom. The third-order valence-corrected chi connectivity index (χ3v) is 10.3. The number of amides is 1. The van der Waals surface area contributed by atoms with Crippen molar-refractivity contribution in [1.82, 2.24) is 14.6 Å². The summed E-state index contributed by atoms with van der Waals surface area (Å²) in [6, 6.07) is 6.31. The largest absolute Gasteiger partial charge is 0.489 e. The Labute approximate surface area is 241 Å². The van der Waals surface area contributed by atoms with Crippen molar-refractivity contribution in [2.24, 2.45) is 5.92 Å². The van der Waals surface area contributed by atoms with Gasteiger partial charge in [0, 0.05) is 50.3 Å². The summed E-state index contributed by atoms with van der Waals surface area (Å²) in [6.45, 7) is 1.31. The molecule has 0 aliphatic carbocycles. The molecule has 1 aromatic carbocycles. The zero-order valence-corrected chi connectivity index (χ0v) is 23.6. The van der Waals surface area contributed by atoms with Gasteiger partial charge in [0.25, 0.3) is 5.92 Å². The molecule has 15 heteroatoms. The lowest BCUT2D eigenvalue weighted by molar-refractivity contribution is -0.0725. The molecule has 222 valence electrons. The Morgan fingerprint density at radius 2 is 1.95 bits per heavy atom. The average molecular weight is 614 g/mol. The van der Waals surface area contributed by atoms with Crippen LogP contribution in [0.15, 0.2) is 35.2 Å². The second-order valence-corrected chi connectivity index (χ2v) is 12.9. The normalized spacial score (nSPS) is 25.4. The summed E-state index contributed by atoms with van der Waals surface area (Å²) in [6.07, 6.45) is -0.271. The number of benzene rings is 1. The summed E-state index contributed by atoms with van der Waals surface area (Å²) >= 11 is 6.16. The number of piperazine rings is 1. The monoisotopic (exact) mass is 613 g/mol. The first-order valence-corrected chi connectivity index (χ1v) is 15.3. The number of piperidine rings is 1. The number of rotatable bonds is 6. The molecule has 0 spiro atoms. The highest BCUT2D eigenvalue weighted by Crippen LogP contribution is 2.42. The molecular weight excluding hydrogens is 584 g/mol. The Bertz CT molecular complexity index is 1440. The first-order chi connectivity index (χ1) is 19.6. The number of nitrogens with one attached hydrogen (secondary N) is 1. The van der Waals surface area contributed by atoms with Gasteiger partial charge in [0.2, 0.25) is 10.0 Å². The van der Waals surface area contributed by atoms with Crippen molar-refractivity contribution >= 4 is 39.2 Å². The van der Waals surface area contributed by atoms with E-state index in [9.17, 15) is 18.3 Å². The predicted octanol–water partition coefficient (Wildman–Crippen LogP) is 2.42. The zero-order chi connectivity index (χ0) is 28.9. The van der Waals surface area contributed by atoms with E-state index >= 15 is 8.78 Å². The van der Waals surface area contributed by atoms with Gasteiger partial charge in [-0.25, -0.2) is 27.0 Å². The fraction of sp³-hybridized carbons (Fsp3) is 0.538. The number of alkyl halides is 2. The molecule has 1 amide bonds. The molecular formula is C26H30ClF2N5O6S. The number of aliphatic hydroxyl groups is 1. The summed E-state index contributed by atoms with van der Waals surface area (Å²) in [4.78, 5) is 19.7. The van der Waals surface area contributed by atoms with Crippen LogP contribution >= 0.6 is 11.6 Å². The van der Waals surface area contributed by atoms with Gasteiger partial charge in [-0.05, 0) is 43.7 Å². The summed E-state index contributed by atoms with van der Waals surface area (Å²) in [5, 5.41) is 12.5. The van der Waals surface area contributed by atoms with Crippen LogP contribution in [-0.2, 0) is 20.7 Å². The number of fused-ring (bicyclic) bond motifs is 3. The van der Waals surface area contributed by atoms with Crippen LogP contribution in [0.25, 0.3) is 0 Å². The van der Waals surface area contributed by atoms with E-state index in [2.05, 4.69) is 10.3 Å². The number of hydrogen-bond donors (Lipinski definition) is 2. The number of sulfonamides is 1. The minimum absolute atomic E-state index is 0.00155. The maximum Gasteiger partial charge on any atom is 0.415 e. The summed E-state index contributed by atoms with van der Waals surface area (Å²) in [7, 11) is -3.93. The number of hydrogen-bond acceptors (Lipinski definition) is 9. The number of pyridine rings is 1. The van der Waals surface area contributed by atoms with E-state index in [0.717, 1.165) is 6.54 Å². The van der Waals surface area contributed by atoms with Crippen LogP contribution in [-0.4, -0.2) is 93.5 Å². The highest BCUT2D eigenvalue weighted by Gasteiger charge is 2.47. The predicted molar refractivity (Wildman–Crippen MR) is 145 cm³/mol. The second kappa shape index (κ2) is 10.8. The molecule has 3 fully saturated rings. The topological polar surface area (TPSA) is 125 Å². The number of halogens is 3. The Hall–Kier alpha value is -2.78. The van der Waals surface area contributed by atoms with E-state index < -0.39 is 40.1 Å². The van der Waals surface area contributed by atoms with Crippen LogP contribution in [0.5, 0.6) is 5.75 Å². The van der Waals surface area contributed by atoms with Crippen molar-refractivity contribution in [3.63, 3.8) is 0 Å². The SMILES string of the molecule is O=C1O[C@@H](CO)[C@@H]2COc3cc(S(=O)(=O)N4CCN(c5cc(C(F)(F)C6CCCNC6)cc(Cl)n5)CC4)ccc3N12. The van der Waals surface area contributed by atoms with Crippen molar-refractivity contribution in [1.29, 1.82) is 0 Å². The molecule has 11 nitrogen and oxygen atoms in total. The molecule has 0 bridgehead atoms. The van der Waals surface area contributed by atoms with Crippen LogP contribution in [0.2, 0.25) is 5.15 Å². The molecule has 2 N–H and O–H groups in total. The van der Waals surface area contributed by atoms with Gasteiger partial charge in [-0.2, -0.15) is 4.31 Å². The van der Waals surface area contributed by atoms with Crippen LogP contribution in [0, 0.1) is 5.92 Å². The van der Waals surface area contributed by atoms with E-state index in [4.69, 9.17) is 21.1 Å². The first kappa shape index (κ1) is 28.3. The number of nitrogens with zero attached hydrogens (tertiary/aromatic N) is 4. The van der Waals surface area contributed by atoms with Crippen LogP contribution in [0.3, 0.4) is 0 Å². The molecule has 3 saturated heterocycles. The molecule has 4 aliphatic heterocycles. The molecule has 0 radical (unpaired) electrons. The van der Waals surface area contributed by atoms with Crippen LogP contribution < -0.4 is 19.9 Å². The first-order valence-electron chi connectivity index (χ1n) is 13.5. The van der Waals surface area contributed by atoms with Crippen molar-refractivity contribution in [3.05, 3.63) is 41.0 Å². The van der Waals surface area contributed by atoms with E-state index in [1.165, 1.54) is 39.5 Å². The fourth-order valence-electron chi connectivity index (χ4n) is 5.87. The number of cyclic esters (lactones) is 1. The van der Waals surface area contributed by atoms with Gasteiger partial charge in [0.15, 0.2) is 6.10 Å². The quantitative estimate of drug-likeness (QED) is 0.473. The highest BCUT2D eigenvalue weighted by molar-refractivity contribution is 7.89. The van der Waals surface area contributed by atoms with E-state index in [0.29, 0.717) is 18.5 Å². The number of anilines is 2. The van der Waals surface area contributed by atoms with Gasteiger partial charge < -0.3 is 24.8 Å². The maximum absolute atomic E-state index is 15.3. The Kier molecular flexibility index (Phi) is 7.47. The molecule has 0 saturated carbocycles. The maximum atomic E-state index is 15.3. The fourth-order valence-corrected chi connectivity index (χ4v) is 7.51. The smallest absolute Gasteiger partial charge is 0.415 e. The minimum Gasteiger partial charge on any atom is -0.489 e. The lowest BCUT2D eigenvalue weighted by Crippen LogP contribution is -2.49.